The fourth-order valence-corrected chi connectivity index (χ4v) is 2.51. The van der Waals surface area contributed by atoms with Crippen LogP contribution in [0.15, 0.2) is 18.2 Å². The molecule has 18 heavy (non-hydrogen) atoms. The summed E-state index contributed by atoms with van der Waals surface area (Å²) in [6.45, 7) is 4.26. The van der Waals surface area contributed by atoms with Crippen LogP contribution in [0, 0.1) is 5.92 Å². The molecule has 3 rings (SSSR count). The second-order valence-electron chi connectivity index (χ2n) is 5.41. The first-order valence-corrected chi connectivity index (χ1v) is 6.10. The molecular formula is C13H15N3O2. The van der Waals surface area contributed by atoms with Gasteiger partial charge in [-0.1, -0.05) is 11.3 Å². The Hall–Kier alpha value is -1.91. The van der Waals surface area contributed by atoms with Crippen LogP contribution in [0.25, 0.3) is 11.0 Å². The topological polar surface area (TPSA) is 68.0 Å². The normalized spacial score (nSPS) is 16.1. The van der Waals surface area contributed by atoms with Crippen LogP contribution in [0.2, 0.25) is 0 Å². The number of fused-ring (bicyclic) bond motifs is 1. The van der Waals surface area contributed by atoms with Crippen LogP contribution in [-0.4, -0.2) is 26.1 Å². The minimum atomic E-state index is -0.961. The van der Waals surface area contributed by atoms with Crippen LogP contribution in [0.3, 0.4) is 0 Å². The number of aromatic nitrogens is 3. The summed E-state index contributed by atoms with van der Waals surface area (Å²) < 4.78 is 1.87. The fraction of sp³-hybridized carbons (Fsp3) is 0.462. The highest BCUT2D eigenvalue weighted by molar-refractivity contribution is 6.00. The quantitative estimate of drug-likeness (QED) is 0.900. The summed E-state index contributed by atoms with van der Waals surface area (Å²) >= 11 is 0. The van der Waals surface area contributed by atoms with E-state index in [0.29, 0.717) is 11.4 Å². The minimum Gasteiger partial charge on any atom is -0.478 e. The third-order valence-electron chi connectivity index (χ3n) is 3.83. The van der Waals surface area contributed by atoms with Crippen molar-refractivity contribution in [1.82, 2.24) is 15.0 Å². The van der Waals surface area contributed by atoms with Crippen LogP contribution >= 0.6 is 0 Å². The van der Waals surface area contributed by atoms with Gasteiger partial charge in [-0.05, 0) is 44.7 Å². The van der Waals surface area contributed by atoms with Crippen molar-refractivity contribution < 1.29 is 9.90 Å². The minimum absolute atomic E-state index is 0.105. The van der Waals surface area contributed by atoms with Crippen molar-refractivity contribution in [2.75, 3.05) is 0 Å². The van der Waals surface area contributed by atoms with E-state index >= 15 is 0 Å². The number of carbonyl (C=O) groups is 1. The Bertz CT molecular complexity index is 626. The molecule has 94 valence electrons. The Kier molecular flexibility index (Phi) is 2.20. The summed E-state index contributed by atoms with van der Waals surface area (Å²) in [5, 5.41) is 17.4. The van der Waals surface area contributed by atoms with Gasteiger partial charge < -0.3 is 5.11 Å². The Morgan fingerprint density at radius 2 is 2.17 bits per heavy atom. The van der Waals surface area contributed by atoms with Gasteiger partial charge >= 0.3 is 5.97 Å². The Labute approximate surface area is 104 Å². The molecule has 0 unspecified atom stereocenters. The molecule has 0 bridgehead atoms. The monoisotopic (exact) mass is 245 g/mol. The Balaban J connectivity index is 2.21. The highest BCUT2D eigenvalue weighted by atomic mass is 16.4. The summed E-state index contributed by atoms with van der Waals surface area (Å²) in [6.07, 6.45) is 2.40. The van der Waals surface area contributed by atoms with Gasteiger partial charge in [0.15, 0.2) is 0 Å². The van der Waals surface area contributed by atoms with Crippen molar-refractivity contribution >= 4 is 17.0 Å². The van der Waals surface area contributed by atoms with E-state index in [1.165, 1.54) is 12.8 Å². The smallest absolute Gasteiger partial charge is 0.338 e. The lowest BCUT2D eigenvalue weighted by atomic mass is 9.98. The number of carboxylic acids is 1. The summed E-state index contributed by atoms with van der Waals surface area (Å²) in [6, 6.07) is 5.19. The number of hydrogen-bond donors (Lipinski definition) is 1. The Morgan fingerprint density at radius 3 is 2.78 bits per heavy atom. The summed E-state index contributed by atoms with van der Waals surface area (Å²) in [5.74, 6) is -0.354. The molecule has 0 amide bonds. The molecule has 1 aromatic carbocycles. The van der Waals surface area contributed by atoms with Crippen molar-refractivity contribution in [2.24, 2.45) is 5.92 Å². The third kappa shape index (κ3) is 1.50. The van der Waals surface area contributed by atoms with Crippen molar-refractivity contribution in [3.8, 4) is 0 Å². The highest BCUT2D eigenvalue weighted by Gasteiger charge is 2.41. The SMILES string of the molecule is CC(C)(C1CC1)n1nnc2c(C(=O)O)cccc21. The van der Waals surface area contributed by atoms with E-state index in [0.717, 1.165) is 5.52 Å². The zero-order valence-electron chi connectivity index (χ0n) is 10.4. The van der Waals surface area contributed by atoms with Crippen molar-refractivity contribution in [2.45, 2.75) is 32.2 Å². The first kappa shape index (κ1) is 11.2. The molecule has 0 aliphatic heterocycles. The molecule has 1 aliphatic carbocycles. The maximum atomic E-state index is 11.1. The molecule has 0 saturated heterocycles. The predicted molar refractivity (Wildman–Crippen MR) is 66.5 cm³/mol. The van der Waals surface area contributed by atoms with Crippen LogP contribution in [0.4, 0.5) is 0 Å². The lowest BCUT2D eigenvalue weighted by molar-refractivity contribution is 0.0699. The molecule has 1 N–H and O–H groups in total. The maximum Gasteiger partial charge on any atom is 0.338 e. The van der Waals surface area contributed by atoms with E-state index in [1.54, 1.807) is 12.1 Å². The molecular weight excluding hydrogens is 230 g/mol. The lowest BCUT2D eigenvalue weighted by Gasteiger charge is -2.25. The number of carboxylic acid groups (broad SMARTS) is 1. The van der Waals surface area contributed by atoms with Crippen LogP contribution < -0.4 is 0 Å². The average Bonchev–Trinajstić information content (AvgIpc) is 3.08. The molecule has 2 aromatic rings. The van der Waals surface area contributed by atoms with Gasteiger partial charge in [-0.3, -0.25) is 0 Å². The zero-order chi connectivity index (χ0) is 12.9. The number of rotatable bonds is 3. The molecule has 1 saturated carbocycles. The predicted octanol–water partition coefficient (Wildman–Crippen LogP) is 2.27. The highest BCUT2D eigenvalue weighted by Crippen LogP contribution is 2.44. The molecule has 1 aliphatic rings. The largest absolute Gasteiger partial charge is 0.478 e. The van der Waals surface area contributed by atoms with Gasteiger partial charge in [0.05, 0.1) is 16.6 Å². The van der Waals surface area contributed by atoms with Gasteiger partial charge in [0.25, 0.3) is 0 Å². The maximum absolute atomic E-state index is 11.1. The van der Waals surface area contributed by atoms with Crippen molar-refractivity contribution in [1.29, 1.82) is 0 Å². The molecule has 0 spiro atoms. The fourth-order valence-electron chi connectivity index (χ4n) is 2.51. The molecule has 1 aromatic heterocycles. The zero-order valence-corrected chi connectivity index (χ0v) is 10.4. The van der Waals surface area contributed by atoms with Gasteiger partial charge in [-0.15, -0.1) is 5.10 Å². The second-order valence-corrected chi connectivity index (χ2v) is 5.41. The van der Waals surface area contributed by atoms with Crippen molar-refractivity contribution in [3.05, 3.63) is 23.8 Å². The van der Waals surface area contributed by atoms with Crippen LogP contribution in [-0.2, 0) is 5.54 Å². The summed E-state index contributed by atoms with van der Waals surface area (Å²) in [7, 11) is 0. The number of hydrogen-bond acceptors (Lipinski definition) is 3. The summed E-state index contributed by atoms with van der Waals surface area (Å²) in [5.41, 5.74) is 1.38. The van der Waals surface area contributed by atoms with E-state index in [1.807, 2.05) is 10.7 Å². The average molecular weight is 245 g/mol. The molecule has 0 radical (unpaired) electrons. The molecule has 5 heteroatoms. The van der Waals surface area contributed by atoms with E-state index in [2.05, 4.69) is 24.2 Å². The molecule has 1 heterocycles. The first-order chi connectivity index (χ1) is 8.51. The molecule has 5 nitrogen and oxygen atoms in total. The van der Waals surface area contributed by atoms with E-state index in [4.69, 9.17) is 5.11 Å². The number of nitrogens with zero attached hydrogens (tertiary/aromatic N) is 3. The van der Waals surface area contributed by atoms with Gasteiger partial charge in [-0.2, -0.15) is 0 Å². The third-order valence-corrected chi connectivity index (χ3v) is 3.83. The van der Waals surface area contributed by atoms with E-state index < -0.39 is 5.97 Å². The second kappa shape index (κ2) is 3.54. The van der Waals surface area contributed by atoms with Gasteiger partial charge in [0.2, 0.25) is 0 Å². The van der Waals surface area contributed by atoms with Gasteiger partial charge in [0, 0.05) is 0 Å². The van der Waals surface area contributed by atoms with Gasteiger partial charge in [-0.25, -0.2) is 9.48 Å². The standard InChI is InChI=1S/C13H15N3O2/c1-13(2,8-6-7-8)16-10-5-3-4-9(12(17)18)11(10)14-15-16/h3-5,8H,6-7H2,1-2H3,(H,17,18). The van der Waals surface area contributed by atoms with Gasteiger partial charge in [0.1, 0.15) is 5.52 Å². The Morgan fingerprint density at radius 1 is 1.44 bits per heavy atom. The number of aromatic carboxylic acids is 1. The van der Waals surface area contributed by atoms with Crippen LogP contribution in [0.5, 0.6) is 0 Å². The van der Waals surface area contributed by atoms with E-state index in [-0.39, 0.29) is 11.1 Å². The van der Waals surface area contributed by atoms with Crippen LogP contribution in [0.1, 0.15) is 37.0 Å². The van der Waals surface area contributed by atoms with Crippen molar-refractivity contribution in [3.63, 3.8) is 0 Å². The summed E-state index contributed by atoms with van der Waals surface area (Å²) in [4.78, 5) is 11.1. The molecule has 0 atom stereocenters. The first-order valence-electron chi connectivity index (χ1n) is 6.10. The number of benzene rings is 1. The molecule has 1 fully saturated rings. The lowest BCUT2D eigenvalue weighted by Crippen LogP contribution is -2.29. The van der Waals surface area contributed by atoms with E-state index in [9.17, 15) is 4.79 Å².